The molecule has 166 valence electrons. The number of rotatable bonds is 5. The fraction of sp³-hybridized carbons (Fsp3) is 0.300. The Morgan fingerprint density at radius 1 is 1.10 bits per heavy atom. The molecule has 0 bridgehead atoms. The van der Waals surface area contributed by atoms with E-state index in [9.17, 15) is 27.9 Å². The smallest absolute Gasteiger partial charge is 0.437 e. The van der Waals surface area contributed by atoms with Crippen LogP contribution in [0.5, 0.6) is 11.5 Å². The van der Waals surface area contributed by atoms with Crippen LogP contribution in [0.25, 0.3) is 0 Å². The predicted molar refractivity (Wildman–Crippen MR) is 104 cm³/mol. The normalized spacial score (nSPS) is 23.5. The van der Waals surface area contributed by atoms with Crippen LogP contribution in [0.3, 0.4) is 0 Å². The third-order valence-corrected chi connectivity index (χ3v) is 5.24. The molecule has 2 aromatic carbocycles. The molecule has 7 nitrogen and oxygen atoms in total. The number of carbonyl (C=O) groups is 2. The van der Waals surface area contributed by atoms with Crippen molar-refractivity contribution in [2.75, 3.05) is 14.2 Å². The number of benzene rings is 2. The van der Waals surface area contributed by atoms with E-state index in [1.165, 1.54) is 62.0 Å². The van der Waals surface area contributed by atoms with Gasteiger partial charge in [-0.1, -0.05) is 17.7 Å². The summed E-state index contributed by atoms with van der Waals surface area (Å²) in [5.74, 6) is -2.76. The molecule has 0 aromatic heterocycles. The van der Waals surface area contributed by atoms with Gasteiger partial charge in [0.05, 0.1) is 20.3 Å². The van der Waals surface area contributed by atoms with E-state index in [4.69, 9.17) is 21.1 Å². The molecule has 2 aromatic rings. The maximum absolute atomic E-state index is 13.9. The molecule has 1 fully saturated rings. The summed E-state index contributed by atoms with van der Waals surface area (Å²) in [4.78, 5) is 25.3. The van der Waals surface area contributed by atoms with Crippen molar-refractivity contribution in [2.45, 2.75) is 17.9 Å². The molecule has 0 spiro atoms. The number of halogens is 4. The fourth-order valence-electron chi connectivity index (χ4n) is 3.46. The number of Topliss-reactive ketones (excluding diaryl/α,β-unsaturated/α-hetero) is 1. The van der Waals surface area contributed by atoms with E-state index in [0.717, 1.165) is 0 Å². The lowest BCUT2D eigenvalue weighted by Crippen LogP contribution is -2.72. The summed E-state index contributed by atoms with van der Waals surface area (Å²) >= 11 is 5.80. The fourth-order valence-corrected chi connectivity index (χ4v) is 3.58. The minimum Gasteiger partial charge on any atom is -0.493 e. The molecule has 0 aliphatic carbocycles. The van der Waals surface area contributed by atoms with Gasteiger partial charge in [-0.25, -0.2) is 4.79 Å². The van der Waals surface area contributed by atoms with Crippen molar-refractivity contribution in [1.82, 2.24) is 10.6 Å². The van der Waals surface area contributed by atoms with Crippen LogP contribution < -0.4 is 20.1 Å². The van der Waals surface area contributed by atoms with Crippen molar-refractivity contribution in [1.29, 1.82) is 0 Å². The molecule has 0 radical (unpaired) electrons. The SMILES string of the molecule is COc1ccc([C@@H]2NC(=O)N[C@@](O)(C(F)(F)F)[C@@H]2C(=O)c2ccc(Cl)cc2)cc1OC. The molecule has 1 aliphatic rings. The van der Waals surface area contributed by atoms with Gasteiger partial charge in [-0.3, -0.25) is 4.79 Å². The van der Waals surface area contributed by atoms with Crippen LogP contribution in [0.2, 0.25) is 5.02 Å². The largest absolute Gasteiger partial charge is 0.493 e. The number of amides is 2. The van der Waals surface area contributed by atoms with Gasteiger partial charge in [0.15, 0.2) is 17.3 Å². The second-order valence-corrected chi connectivity index (χ2v) is 7.24. The molecule has 3 N–H and O–H groups in total. The summed E-state index contributed by atoms with van der Waals surface area (Å²) in [7, 11) is 2.70. The zero-order valence-corrected chi connectivity index (χ0v) is 17.0. The Kier molecular flexibility index (Phi) is 6.06. The topological polar surface area (TPSA) is 96.9 Å². The Bertz CT molecular complexity index is 999. The third-order valence-electron chi connectivity index (χ3n) is 4.98. The van der Waals surface area contributed by atoms with Gasteiger partial charge in [0.1, 0.15) is 5.92 Å². The Morgan fingerprint density at radius 2 is 1.71 bits per heavy atom. The summed E-state index contributed by atoms with van der Waals surface area (Å²) in [6, 6.07) is 6.43. The monoisotopic (exact) mass is 458 g/mol. The van der Waals surface area contributed by atoms with Crippen LogP contribution in [0, 0.1) is 5.92 Å². The van der Waals surface area contributed by atoms with Crippen LogP contribution in [-0.4, -0.2) is 43.0 Å². The Morgan fingerprint density at radius 3 is 2.26 bits per heavy atom. The van der Waals surface area contributed by atoms with Crippen molar-refractivity contribution >= 4 is 23.4 Å². The molecule has 1 heterocycles. The quantitative estimate of drug-likeness (QED) is 0.596. The summed E-state index contributed by atoms with van der Waals surface area (Å²) in [5.41, 5.74) is -3.85. The van der Waals surface area contributed by atoms with Gasteiger partial charge >= 0.3 is 12.2 Å². The lowest BCUT2D eigenvalue weighted by molar-refractivity contribution is -0.287. The number of nitrogens with one attached hydrogen (secondary N) is 2. The Hall–Kier alpha value is -2.98. The van der Waals surface area contributed by atoms with Crippen LogP contribution in [0.15, 0.2) is 42.5 Å². The lowest BCUT2D eigenvalue weighted by Gasteiger charge is -2.45. The number of hydrogen-bond donors (Lipinski definition) is 3. The van der Waals surface area contributed by atoms with E-state index >= 15 is 0 Å². The summed E-state index contributed by atoms with van der Waals surface area (Å²) in [6.45, 7) is 0. The third kappa shape index (κ3) is 4.13. The van der Waals surface area contributed by atoms with E-state index in [1.807, 2.05) is 0 Å². The van der Waals surface area contributed by atoms with Crippen LogP contribution >= 0.6 is 11.6 Å². The highest BCUT2D eigenvalue weighted by Crippen LogP contribution is 2.45. The van der Waals surface area contributed by atoms with E-state index in [2.05, 4.69) is 5.32 Å². The first kappa shape index (κ1) is 22.7. The highest BCUT2D eigenvalue weighted by atomic mass is 35.5. The second kappa shape index (κ2) is 8.27. The molecule has 31 heavy (non-hydrogen) atoms. The van der Waals surface area contributed by atoms with E-state index in [-0.39, 0.29) is 27.6 Å². The molecule has 3 rings (SSSR count). The molecule has 3 atom stereocenters. The molecule has 1 saturated heterocycles. The van der Waals surface area contributed by atoms with E-state index in [0.29, 0.717) is 0 Å². The first-order valence-electron chi connectivity index (χ1n) is 8.91. The average Bonchev–Trinajstić information content (AvgIpc) is 2.72. The molecule has 1 aliphatic heterocycles. The van der Waals surface area contributed by atoms with Crippen molar-refractivity contribution < 1.29 is 37.3 Å². The molecule has 11 heteroatoms. The number of ketones is 1. The number of hydrogen-bond acceptors (Lipinski definition) is 5. The number of urea groups is 1. The minimum absolute atomic E-state index is 0.0995. The average molecular weight is 459 g/mol. The van der Waals surface area contributed by atoms with Crippen molar-refractivity contribution in [2.24, 2.45) is 5.92 Å². The molecule has 2 amide bonds. The van der Waals surface area contributed by atoms with Gasteiger partial charge < -0.3 is 25.2 Å². The minimum atomic E-state index is -5.35. The van der Waals surface area contributed by atoms with E-state index in [1.54, 1.807) is 0 Å². The number of aliphatic hydroxyl groups is 1. The number of alkyl halides is 3. The van der Waals surface area contributed by atoms with Crippen molar-refractivity contribution in [3.63, 3.8) is 0 Å². The lowest BCUT2D eigenvalue weighted by atomic mass is 9.77. The molecular weight excluding hydrogens is 441 g/mol. The zero-order chi connectivity index (χ0) is 23.0. The summed E-state index contributed by atoms with van der Waals surface area (Å²) in [5, 5.41) is 14.6. The van der Waals surface area contributed by atoms with Crippen molar-refractivity contribution in [3.05, 3.63) is 58.6 Å². The van der Waals surface area contributed by atoms with Crippen molar-refractivity contribution in [3.8, 4) is 11.5 Å². The van der Waals surface area contributed by atoms with Crippen LogP contribution in [0.4, 0.5) is 18.0 Å². The number of ether oxygens (including phenoxy) is 2. The second-order valence-electron chi connectivity index (χ2n) is 6.80. The standard InChI is InChI=1S/C20H18ClF3N2O5/c1-30-13-8-5-11(9-14(13)31-2)16-15(17(27)10-3-6-12(21)7-4-10)19(29,20(22,23)24)26-18(28)25-16/h3-9,15-16,29H,1-2H3,(H2,25,26,28)/t15-,16-,19-/m0/s1. The van der Waals surface area contributed by atoms with Gasteiger partial charge in [-0.2, -0.15) is 13.2 Å². The Balaban J connectivity index is 2.18. The molecular formula is C20H18ClF3N2O5. The highest BCUT2D eigenvalue weighted by molar-refractivity contribution is 6.30. The van der Waals surface area contributed by atoms with E-state index < -0.39 is 35.7 Å². The van der Waals surface area contributed by atoms with Crippen LogP contribution in [-0.2, 0) is 0 Å². The van der Waals surface area contributed by atoms with Crippen LogP contribution in [0.1, 0.15) is 22.0 Å². The summed E-state index contributed by atoms with van der Waals surface area (Å²) in [6.07, 6.45) is -5.35. The highest BCUT2D eigenvalue weighted by Gasteiger charge is 2.66. The first-order valence-corrected chi connectivity index (χ1v) is 9.29. The Labute approximate surface area is 180 Å². The number of methoxy groups -OCH3 is 2. The van der Waals surface area contributed by atoms with Gasteiger partial charge in [-0.05, 0) is 42.0 Å². The van der Waals surface area contributed by atoms with Gasteiger partial charge in [0.2, 0.25) is 5.72 Å². The van der Waals surface area contributed by atoms with Gasteiger partial charge in [0, 0.05) is 10.6 Å². The van der Waals surface area contributed by atoms with Gasteiger partial charge in [0.25, 0.3) is 0 Å². The maximum Gasteiger partial charge on any atom is 0.437 e. The number of carbonyl (C=O) groups excluding carboxylic acids is 2. The maximum atomic E-state index is 13.9. The molecule has 0 saturated carbocycles. The predicted octanol–water partition coefficient (Wildman–Crippen LogP) is 3.46. The first-order chi connectivity index (χ1) is 14.5. The summed E-state index contributed by atoms with van der Waals surface area (Å²) < 4.78 is 52.1. The molecule has 0 unspecified atom stereocenters. The van der Waals surface area contributed by atoms with Gasteiger partial charge in [-0.15, -0.1) is 0 Å². The zero-order valence-electron chi connectivity index (χ0n) is 16.3.